The van der Waals surface area contributed by atoms with Crippen molar-refractivity contribution in [3.8, 4) is 0 Å². The summed E-state index contributed by atoms with van der Waals surface area (Å²) in [5.41, 5.74) is 5.97. The summed E-state index contributed by atoms with van der Waals surface area (Å²) in [6.07, 6.45) is 5.05. The number of nitrogens with zero attached hydrogens (tertiary/aromatic N) is 4. The standard InChI is InChI=1S/C18H17N5O2S/c1-11-5-14-15(6-12(11)2)20-8-16-18(14)23(10-22-16)9-13-3-4-17(21-7-13)26(19,24)25/h3-8,10H,9H2,1-2H3,(H2,19,24,25). The van der Waals surface area contributed by atoms with E-state index in [1.807, 2.05) is 4.57 Å². The van der Waals surface area contributed by atoms with Crippen molar-refractivity contribution in [2.24, 2.45) is 5.14 Å². The number of fused-ring (bicyclic) bond motifs is 3. The third kappa shape index (κ3) is 2.83. The lowest BCUT2D eigenvalue weighted by Gasteiger charge is -2.09. The van der Waals surface area contributed by atoms with Crippen molar-refractivity contribution < 1.29 is 8.42 Å². The molecule has 0 saturated carbocycles. The molecule has 0 spiro atoms. The minimum absolute atomic E-state index is 0.141. The summed E-state index contributed by atoms with van der Waals surface area (Å²) in [4.78, 5) is 12.9. The Bertz CT molecular complexity index is 1240. The highest BCUT2D eigenvalue weighted by Crippen LogP contribution is 2.26. The molecule has 0 radical (unpaired) electrons. The van der Waals surface area contributed by atoms with Crippen LogP contribution in [0.1, 0.15) is 16.7 Å². The van der Waals surface area contributed by atoms with Gasteiger partial charge in [0.15, 0.2) is 5.03 Å². The molecule has 0 aliphatic heterocycles. The first kappa shape index (κ1) is 16.6. The number of hydrogen-bond donors (Lipinski definition) is 1. The van der Waals surface area contributed by atoms with E-state index in [1.165, 1.54) is 23.4 Å². The second-order valence-electron chi connectivity index (χ2n) is 6.37. The molecule has 4 rings (SSSR count). The third-order valence-corrected chi connectivity index (χ3v) is 5.33. The van der Waals surface area contributed by atoms with Crippen LogP contribution in [-0.2, 0) is 16.6 Å². The average molecular weight is 367 g/mol. The number of pyridine rings is 2. The highest BCUT2D eigenvalue weighted by molar-refractivity contribution is 7.89. The summed E-state index contributed by atoms with van der Waals surface area (Å²) < 4.78 is 24.7. The molecule has 0 aliphatic rings. The van der Waals surface area contributed by atoms with Gasteiger partial charge in [0.25, 0.3) is 10.0 Å². The summed E-state index contributed by atoms with van der Waals surface area (Å²) in [5.74, 6) is 0. The zero-order valence-corrected chi connectivity index (χ0v) is 15.2. The van der Waals surface area contributed by atoms with Gasteiger partial charge in [0.1, 0.15) is 5.52 Å². The normalized spacial score (nSPS) is 12.1. The molecule has 0 bridgehead atoms. The van der Waals surface area contributed by atoms with Gasteiger partial charge in [-0.2, -0.15) is 0 Å². The van der Waals surface area contributed by atoms with E-state index in [-0.39, 0.29) is 5.03 Å². The van der Waals surface area contributed by atoms with E-state index >= 15 is 0 Å². The molecule has 1 aromatic carbocycles. The van der Waals surface area contributed by atoms with Gasteiger partial charge in [-0.05, 0) is 48.7 Å². The fourth-order valence-corrected chi connectivity index (χ4v) is 3.46. The van der Waals surface area contributed by atoms with Crippen LogP contribution in [0.15, 0.2) is 48.0 Å². The molecule has 0 aliphatic carbocycles. The van der Waals surface area contributed by atoms with Crippen LogP contribution in [0.3, 0.4) is 0 Å². The SMILES string of the molecule is Cc1cc2ncc3ncn(Cc4ccc(S(N)(=O)=O)nc4)c3c2cc1C. The van der Waals surface area contributed by atoms with Gasteiger partial charge in [-0.25, -0.2) is 23.5 Å². The van der Waals surface area contributed by atoms with Gasteiger partial charge < -0.3 is 4.57 Å². The Balaban J connectivity index is 1.82. The highest BCUT2D eigenvalue weighted by Gasteiger charge is 2.12. The van der Waals surface area contributed by atoms with Crippen LogP contribution in [0.4, 0.5) is 0 Å². The van der Waals surface area contributed by atoms with Gasteiger partial charge in [0.2, 0.25) is 0 Å². The summed E-state index contributed by atoms with van der Waals surface area (Å²) in [7, 11) is -3.79. The summed E-state index contributed by atoms with van der Waals surface area (Å²) in [6, 6.07) is 7.32. The molecule has 0 saturated heterocycles. The van der Waals surface area contributed by atoms with Gasteiger partial charge in [-0.3, -0.25) is 4.98 Å². The fourth-order valence-electron chi connectivity index (χ4n) is 3.00. The molecular formula is C18H17N5O2S. The number of aromatic nitrogens is 4. The molecule has 3 aromatic heterocycles. The number of benzene rings is 1. The van der Waals surface area contributed by atoms with Gasteiger partial charge >= 0.3 is 0 Å². The van der Waals surface area contributed by atoms with Crippen LogP contribution in [-0.4, -0.2) is 27.9 Å². The third-order valence-electron chi connectivity index (χ3n) is 4.50. The lowest BCUT2D eigenvalue weighted by Crippen LogP contribution is -2.14. The predicted octanol–water partition coefficient (Wildman–Crippen LogP) is 2.29. The summed E-state index contributed by atoms with van der Waals surface area (Å²) in [5, 5.41) is 5.99. The van der Waals surface area contributed by atoms with Gasteiger partial charge in [-0.15, -0.1) is 0 Å². The molecule has 0 amide bonds. The van der Waals surface area contributed by atoms with Crippen LogP contribution in [0.25, 0.3) is 21.9 Å². The van der Waals surface area contributed by atoms with Crippen LogP contribution in [0.2, 0.25) is 0 Å². The second-order valence-corrected chi connectivity index (χ2v) is 7.88. The largest absolute Gasteiger partial charge is 0.325 e. The maximum absolute atomic E-state index is 11.3. The van der Waals surface area contributed by atoms with Crippen molar-refractivity contribution in [1.29, 1.82) is 0 Å². The molecule has 7 nitrogen and oxygen atoms in total. The van der Waals surface area contributed by atoms with Crippen molar-refractivity contribution in [2.45, 2.75) is 25.4 Å². The van der Waals surface area contributed by atoms with Gasteiger partial charge in [0, 0.05) is 11.6 Å². The monoisotopic (exact) mass is 367 g/mol. The zero-order valence-electron chi connectivity index (χ0n) is 14.3. The Morgan fingerprint density at radius 2 is 1.77 bits per heavy atom. The summed E-state index contributed by atoms with van der Waals surface area (Å²) >= 11 is 0. The number of aryl methyl sites for hydroxylation is 2. The number of rotatable bonds is 3. The molecule has 0 unspecified atom stereocenters. The van der Waals surface area contributed by atoms with E-state index in [4.69, 9.17) is 5.14 Å². The topological polar surface area (TPSA) is 104 Å². The summed E-state index contributed by atoms with van der Waals surface area (Å²) in [6.45, 7) is 4.65. The van der Waals surface area contributed by atoms with E-state index in [9.17, 15) is 8.42 Å². The average Bonchev–Trinajstić information content (AvgIpc) is 2.99. The quantitative estimate of drug-likeness (QED) is 0.598. The van der Waals surface area contributed by atoms with E-state index in [1.54, 1.807) is 18.6 Å². The number of nitrogens with two attached hydrogens (primary N) is 1. The minimum atomic E-state index is -3.79. The van der Waals surface area contributed by atoms with E-state index in [0.717, 1.165) is 27.5 Å². The van der Waals surface area contributed by atoms with E-state index in [0.29, 0.717) is 6.54 Å². The molecule has 4 aromatic rings. The first-order valence-electron chi connectivity index (χ1n) is 8.01. The smallest absolute Gasteiger partial charge is 0.255 e. The molecule has 0 fully saturated rings. The van der Waals surface area contributed by atoms with Gasteiger partial charge in [-0.1, -0.05) is 6.07 Å². The van der Waals surface area contributed by atoms with Crippen molar-refractivity contribution >= 4 is 32.0 Å². The second kappa shape index (κ2) is 5.86. The van der Waals surface area contributed by atoms with Crippen LogP contribution >= 0.6 is 0 Å². The molecule has 8 heteroatoms. The van der Waals surface area contributed by atoms with Crippen LogP contribution in [0, 0.1) is 13.8 Å². The number of hydrogen-bond acceptors (Lipinski definition) is 5. The molecule has 2 N–H and O–H groups in total. The minimum Gasteiger partial charge on any atom is -0.325 e. The van der Waals surface area contributed by atoms with Gasteiger partial charge in [0.05, 0.1) is 30.1 Å². The first-order chi connectivity index (χ1) is 12.3. The number of sulfonamides is 1. The van der Waals surface area contributed by atoms with Crippen molar-refractivity contribution in [2.75, 3.05) is 0 Å². The first-order valence-corrected chi connectivity index (χ1v) is 9.56. The Morgan fingerprint density at radius 1 is 1.00 bits per heavy atom. The Kier molecular flexibility index (Phi) is 3.74. The lowest BCUT2D eigenvalue weighted by atomic mass is 10.1. The maximum Gasteiger partial charge on any atom is 0.255 e. The fraction of sp³-hybridized carbons (Fsp3) is 0.167. The molecule has 132 valence electrons. The Morgan fingerprint density at radius 3 is 2.46 bits per heavy atom. The highest BCUT2D eigenvalue weighted by atomic mass is 32.2. The Labute approximate surface area is 150 Å². The van der Waals surface area contributed by atoms with Crippen LogP contribution < -0.4 is 5.14 Å². The predicted molar refractivity (Wildman–Crippen MR) is 99.2 cm³/mol. The lowest BCUT2D eigenvalue weighted by molar-refractivity contribution is 0.594. The van der Waals surface area contributed by atoms with Crippen molar-refractivity contribution in [3.05, 3.63) is 59.7 Å². The number of primary sulfonamides is 1. The van der Waals surface area contributed by atoms with Crippen LogP contribution in [0.5, 0.6) is 0 Å². The molecular weight excluding hydrogens is 350 g/mol. The van der Waals surface area contributed by atoms with Crippen molar-refractivity contribution in [1.82, 2.24) is 19.5 Å². The number of imidazole rings is 1. The maximum atomic E-state index is 11.3. The molecule has 0 atom stereocenters. The van der Waals surface area contributed by atoms with Crippen molar-refractivity contribution in [3.63, 3.8) is 0 Å². The molecule has 26 heavy (non-hydrogen) atoms. The zero-order chi connectivity index (χ0) is 18.5. The van der Waals surface area contributed by atoms with E-state index in [2.05, 4.69) is 40.9 Å². The Hall–Kier alpha value is -2.84. The molecule has 3 heterocycles. The van der Waals surface area contributed by atoms with E-state index < -0.39 is 10.0 Å².